The summed E-state index contributed by atoms with van der Waals surface area (Å²) in [6.45, 7) is 2.31. The summed E-state index contributed by atoms with van der Waals surface area (Å²) in [5.74, 6) is 0.850. The van der Waals surface area contributed by atoms with Crippen molar-refractivity contribution in [2.45, 2.75) is 17.7 Å². The van der Waals surface area contributed by atoms with E-state index in [0.29, 0.717) is 28.8 Å². The average molecular weight is 412 g/mol. The summed E-state index contributed by atoms with van der Waals surface area (Å²) in [6.07, 6.45) is 2.31. The average Bonchev–Trinajstić information content (AvgIpc) is 3.44. The van der Waals surface area contributed by atoms with Gasteiger partial charge >= 0.3 is 0 Å². The van der Waals surface area contributed by atoms with Crippen molar-refractivity contribution in [1.82, 2.24) is 10.3 Å². The van der Waals surface area contributed by atoms with Crippen molar-refractivity contribution in [3.8, 4) is 17.1 Å². The monoisotopic (exact) mass is 412 g/mol. The van der Waals surface area contributed by atoms with Gasteiger partial charge in [-0.15, -0.1) is 11.8 Å². The molecule has 1 aliphatic heterocycles. The first-order valence-electron chi connectivity index (χ1n) is 9.39. The molecule has 0 radical (unpaired) electrons. The van der Waals surface area contributed by atoms with Crippen LogP contribution >= 0.6 is 11.8 Å². The van der Waals surface area contributed by atoms with Gasteiger partial charge in [0.05, 0.1) is 16.4 Å². The molecule has 0 amide bonds. The van der Waals surface area contributed by atoms with Gasteiger partial charge in [0.2, 0.25) is 0 Å². The number of aromatic nitrogens is 2. The number of nitrogens with zero attached hydrogens (tertiary/aromatic N) is 4. The molecule has 1 fully saturated rings. The van der Waals surface area contributed by atoms with Crippen LogP contribution in [0, 0.1) is 10.1 Å². The Bertz CT molecular complexity index is 974. The second kappa shape index (κ2) is 8.95. The summed E-state index contributed by atoms with van der Waals surface area (Å²) in [5, 5.41) is 19.1. The summed E-state index contributed by atoms with van der Waals surface area (Å²) in [7, 11) is 0. The highest BCUT2D eigenvalue weighted by Crippen LogP contribution is 2.34. The Kier molecular flexibility index (Phi) is 5.95. The number of benzene rings is 2. The number of anilines is 1. The molecule has 150 valence electrons. The molecule has 0 atom stereocenters. The molecule has 1 saturated heterocycles. The van der Waals surface area contributed by atoms with Crippen LogP contribution in [-0.2, 0) is 0 Å². The molecule has 0 bridgehead atoms. The summed E-state index contributed by atoms with van der Waals surface area (Å²) in [6, 6.07) is 14.8. The minimum atomic E-state index is -0.341. The molecule has 0 N–H and O–H groups in total. The Balaban J connectivity index is 1.40. The third kappa shape index (κ3) is 4.51. The Hall–Kier alpha value is -3.07. The summed E-state index contributed by atoms with van der Waals surface area (Å²) >= 11 is 1.40. The second-order valence-corrected chi connectivity index (χ2v) is 7.72. The Morgan fingerprint density at radius 3 is 2.69 bits per heavy atom. The lowest BCUT2D eigenvalue weighted by Gasteiger charge is -2.18. The third-order valence-electron chi connectivity index (χ3n) is 4.70. The lowest BCUT2D eigenvalue weighted by atomic mass is 10.2. The number of hydrogen-bond donors (Lipinski definition) is 0. The smallest absolute Gasteiger partial charge is 0.283 e. The van der Waals surface area contributed by atoms with E-state index in [1.807, 2.05) is 42.5 Å². The highest BCUT2D eigenvalue weighted by molar-refractivity contribution is 7.99. The predicted octanol–water partition coefficient (Wildman–Crippen LogP) is 4.42. The van der Waals surface area contributed by atoms with Crippen molar-refractivity contribution in [3.63, 3.8) is 0 Å². The summed E-state index contributed by atoms with van der Waals surface area (Å²) < 4.78 is 10.5. The van der Waals surface area contributed by atoms with E-state index in [4.69, 9.17) is 9.37 Å². The number of nitro groups is 1. The van der Waals surface area contributed by atoms with Crippen molar-refractivity contribution in [3.05, 3.63) is 58.6 Å². The van der Waals surface area contributed by atoms with Crippen molar-refractivity contribution in [1.29, 1.82) is 0 Å². The Morgan fingerprint density at radius 1 is 1.14 bits per heavy atom. The van der Waals surface area contributed by atoms with Crippen LogP contribution in [0.25, 0.3) is 11.3 Å². The highest BCUT2D eigenvalue weighted by atomic mass is 32.2. The Labute approximate surface area is 172 Å². The van der Waals surface area contributed by atoms with E-state index >= 15 is 0 Å². The largest absolute Gasteiger partial charge is 0.473 e. The molecule has 0 aliphatic carbocycles. The van der Waals surface area contributed by atoms with Crippen LogP contribution in [0.15, 0.2) is 58.1 Å². The molecule has 3 aromatic rings. The highest BCUT2D eigenvalue weighted by Gasteiger charge is 2.19. The predicted molar refractivity (Wildman–Crippen MR) is 110 cm³/mol. The molecule has 4 rings (SSSR count). The van der Waals surface area contributed by atoms with E-state index in [-0.39, 0.29) is 10.6 Å². The van der Waals surface area contributed by atoms with Crippen LogP contribution in [0.3, 0.4) is 0 Å². The summed E-state index contributed by atoms with van der Waals surface area (Å²) in [5.41, 5.74) is 2.54. The maximum atomic E-state index is 11.4. The number of hydrogen-bond acceptors (Lipinski definition) is 8. The fraction of sp³-hybridized carbons (Fsp3) is 0.300. The topological polar surface area (TPSA) is 94.5 Å². The number of rotatable bonds is 8. The molecule has 2 aromatic carbocycles. The zero-order chi connectivity index (χ0) is 20.1. The van der Waals surface area contributed by atoms with E-state index < -0.39 is 0 Å². The maximum Gasteiger partial charge on any atom is 0.283 e. The Morgan fingerprint density at radius 2 is 1.93 bits per heavy atom. The SMILES string of the molecule is O=[N+]([O-])c1ccc(N2CCCC2)cc1SCCOc1nonc1-c1ccccc1. The van der Waals surface area contributed by atoms with Crippen LogP contribution in [0.5, 0.6) is 5.88 Å². The normalized spacial score (nSPS) is 13.6. The van der Waals surface area contributed by atoms with E-state index in [2.05, 4.69) is 15.2 Å². The standard InChI is InChI=1S/C20H20N4O4S/c25-24(26)17-9-8-16(23-10-4-5-11-23)14-18(17)29-13-12-27-20-19(21-28-22-20)15-6-2-1-3-7-15/h1-3,6-9,14H,4-5,10-13H2. The van der Waals surface area contributed by atoms with Crippen molar-refractivity contribution >= 4 is 23.1 Å². The van der Waals surface area contributed by atoms with Crippen LogP contribution in [0.2, 0.25) is 0 Å². The number of ether oxygens (including phenoxy) is 1. The van der Waals surface area contributed by atoms with Gasteiger partial charge in [-0.2, -0.15) is 0 Å². The molecule has 0 spiro atoms. The first-order valence-corrected chi connectivity index (χ1v) is 10.4. The maximum absolute atomic E-state index is 11.4. The van der Waals surface area contributed by atoms with E-state index in [9.17, 15) is 10.1 Å². The van der Waals surface area contributed by atoms with Gasteiger partial charge in [0, 0.05) is 36.2 Å². The zero-order valence-corrected chi connectivity index (χ0v) is 16.5. The van der Waals surface area contributed by atoms with Crippen LogP contribution in [0.4, 0.5) is 11.4 Å². The molecule has 2 heterocycles. The molecule has 0 unspecified atom stereocenters. The van der Waals surface area contributed by atoms with E-state index in [1.165, 1.54) is 11.8 Å². The minimum Gasteiger partial charge on any atom is -0.473 e. The fourth-order valence-electron chi connectivity index (χ4n) is 3.28. The minimum absolute atomic E-state index is 0.117. The third-order valence-corrected chi connectivity index (χ3v) is 5.71. The van der Waals surface area contributed by atoms with E-state index in [1.54, 1.807) is 6.07 Å². The fourth-order valence-corrected chi connectivity index (χ4v) is 4.16. The second-order valence-electron chi connectivity index (χ2n) is 6.58. The summed E-state index contributed by atoms with van der Waals surface area (Å²) in [4.78, 5) is 14.0. The lowest BCUT2D eigenvalue weighted by Crippen LogP contribution is -2.17. The lowest BCUT2D eigenvalue weighted by molar-refractivity contribution is -0.387. The molecule has 8 nitrogen and oxygen atoms in total. The number of nitro benzene ring substituents is 1. The van der Waals surface area contributed by atoms with Crippen molar-refractivity contribution < 1.29 is 14.3 Å². The zero-order valence-electron chi connectivity index (χ0n) is 15.7. The van der Waals surface area contributed by atoms with Gasteiger partial charge in [-0.05, 0) is 35.3 Å². The first-order chi connectivity index (χ1) is 14.2. The molecule has 1 aromatic heterocycles. The van der Waals surface area contributed by atoms with Gasteiger partial charge in [0.25, 0.3) is 11.6 Å². The molecule has 1 aliphatic rings. The van der Waals surface area contributed by atoms with Gasteiger partial charge in [-0.25, -0.2) is 4.63 Å². The molecule has 0 saturated carbocycles. The van der Waals surface area contributed by atoms with Gasteiger partial charge in [-0.1, -0.05) is 30.3 Å². The first kappa shape index (κ1) is 19.3. The molecular formula is C20H20N4O4S. The van der Waals surface area contributed by atoms with Crippen LogP contribution < -0.4 is 9.64 Å². The van der Waals surface area contributed by atoms with Crippen molar-refractivity contribution in [2.24, 2.45) is 0 Å². The quantitative estimate of drug-likeness (QED) is 0.232. The van der Waals surface area contributed by atoms with Crippen LogP contribution in [0.1, 0.15) is 12.8 Å². The van der Waals surface area contributed by atoms with Gasteiger partial charge in [0.1, 0.15) is 0 Å². The molecular weight excluding hydrogens is 392 g/mol. The molecule has 29 heavy (non-hydrogen) atoms. The van der Waals surface area contributed by atoms with Gasteiger partial charge in [-0.3, -0.25) is 10.1 Å². The van der Waals surface area contributed by atoms with Gasteiger partial charge in [0.15, 0.2) is 5.69 Å². The number of thioether (sulfide) groups is 1. The van der Waals surface area contributed by atoms with E-state index in [0.717, 1.165) is 37.2 Å². The van der Waals surface area contributed by atoms with Crippen LogP contribution in [-0.4, -0.2) is 40.7 Å². The molecule has 9 heteroatoms. The van der Waals surface area contributed by atoms with Gasteiger partial charge < -0.3 is 9.64 Å². The van der Waals surface area contributed by atoms with Crippen molar-refractivity contribution in [2.75, 3.05) is 30.3 Å².